The highest BCUT2D eigenvalue weighted by atomic mass is 32.2. The van der Waals surface area contributed by atoms with Gasteiger partial charge in [0.05, 0.1) is 28.8 Å². The van der Waals surface area contributed by atoms with E-state index >= 15 is 0 Å². The highest BCUT2D eigenvalue weighted by Gasteiger charge is 2.14. The predicted octanol–water partition coefficient (Wildman–Crippen LogP) is 6.33. The summed E-state index contributed by atoms with van der Waals surface area (Å²) in [6.45, 7) is 0. The first-order valence-corrected chi connectivity index (χ1v) is 12.6. The molecule has 3 aromatic rings. The van der Waals surface area contributed by atoms with E-state index in [9.17, 15) is 9.59 Å². The lowest BCUT2D eigenvalue weighted by Crippen LogP contribution is -2.01. The first kappa shape index (κ1) is 24.6. The fourth-order valence-electron chi connectivity index (χ4n) is 3.05. The molecular formula is C26H25NO4S2. The number of thioether (sulfide) groups is 2. The third-order valence-electron chi connectivity index (χ3n) is 4.64. The zero-order valence-corrected chi connectivity index (χ0v) is 19.6. The van der Waals surface area contributed by atoms with Crippen LogP contribution >= 0.6 is 23.5 Å². The quantitative estimate of drug-likeness (QED) is 0.293. The minimum atomic E-state index is -0.835. The first-order chi connectivity index (χ1) is 16.0. The lowest BCUT2D eigenvalue weighted by Gasteiger charge is -2.16. The van der Waals surface area contributed by atoms with Gasteiger partial charge in [0.25, 0.3) is 0 Å². The standard InChI is InChI=1S/C26H25NO4S2/c28-24(29)14-16-32-26(33-17-15-25(30)31)21-9-4-6-19(18-21)12-13-22-10-5-11-23(27-22)20-7-2-1-3-8-20/h1-13,18,26H,14-17H2,(H,28,29)(H,30,31). The number of carboxylic acid groups (broad SMARTS) is 2. The molecule has 0 amide bonds. The van der Waals surface area contributed by atoms with Gasteiger partial charge < -0.3 is 10.2 Å². The molecule has 0 unspecified atom stereocenters. The average molecular weight is 480 g/mol. The van der Waals surface area contributed by atoms with Crippen LogP contribution in [0.2, 0.25) is 0 Å². The van der Waals surface area contributed by atoms with Crippen molar-refractivity contribution in [2.75, 3.05) is 11.5 Å². The smallest absolute Gasteiger partial charge is 0.304 e. The van der Waals surface area contributed by atoms with E-state index in [0.717, 1.165) is 28.1 Å². The van der Waals surface area contributed by atoms with Gasteiger partial charge in [-0.1, -0.05) is 60.7 Å². The van der Waals surface area contributed by atoms with Crippen LogP contribution in [0.5, 0.6) is 0 Å². The van der Waals surface area contributed by atoms with Gasteiger partial charge in [-0.3, -0.25) is 9.59 Å². The Bertz CT molecular complexity index is 1080. The molecule has 0 saturated heterocycles. The number of hydrogen-bond acceptors (Lipinski definition) is 5. The Hall–Kier alpha value is -3.03. The molecule has 2 N–H and O–H groups in total. The molecule has 0 radical (unpaired) electrons. The van der Waals surface area contributed by atoms with Gasteiger partial charge in [0.1, 0.15) is 0 Å². The van der Waals surface area contributed by atoms with Gasteiger partial charge in [-0.2, -0.15) is 0 Å². The maximum Gasteiger partial charge on any atom is 0.304 e. The largest absolute Gasteiger partial charge is 0.481 e. The molecule has 0 bridgehead atoms. The molecule has 0 atom stereocenters. The summed E-state index contributed by atoms with van der Waals surface area (Å²) < 4.78 is -0.0309. The Balaban J connectivity index is 1.74. The third kappa shape index (κ3) is 8.44. The minimum absolute atomic E-state index is 0.0309. The van der Waals surface area contributed by atoms with Crippen molar-refractivity contribution in [1.82, 2.24) is 4.98 Å². The lowest BCUT2D eigenvalue weighted by molar-refractivity contribution is -0.137. The molecule has 170 valence electrons. The summed E-state index contributed by atoms with van der Waals surface area (Å²) in [6, 6.07) is 24.0. The molecule has 5 nitrogen and oxygen atoms in total. The highest BCUT2D eigenvalue weighted by Crippen LogP contribution is 2.40. The molecule has 3 rings (SSSR count). The van der Waals surface area contributed by atoms with Gasteiger partial charge in [0.2, 0.25) is 0 Å². The van der Waals surface area contributed by atoms with E-state index in [4.69, 9.17) is 15.2 Å². The van der Waals surface area contributed by atoms with E-state index in [1.165, 1.54) is 23.5 Å². The lowest BCUT2D eigenvalue weighted by atomic mass is 10.1. The normalized spacial score (nSPS) is 11.2. The van der Waals surface area contributed by atoms with Crippen LogP contribution in [0.25, 0.3) is 23.4 Å². The maximum absolute atomic E-state index is 10.9. The van der Waals surface area contributed by atoms with Crippen molar-refractivity contribution in [3.8, 4) is 11.3 Å². The summed E-state index contributed by atoms with van der Waals surface area (Å²) in [5.41, 5.74) is 4.87. The Morgan fingerprint density at radius 3 is 2.15 bits per heavy atom. The second-order valence-electron chi connectivity index (χ2n) is 7.18. The van der Waals surface area contributed by atoms with E-state index in [2.05, 4.69) is 6.07 Å². The number of carbonyl (C=O) groups is 2. The van der Waals surface area contributed by atoms with Gasteiger partial charge in [-0.05, 0) is 35.4 Å². The average Bonchev–Trinajstić information content (AvgIpc) is 2.82. The van der Waals surface area contributed by atoms with Crippen molar-refractivity contribution in [2.24, 2.45) is 0 Å². The molecule has 2 aromatic carbocycles. The molecule has 33 heavy (non-hydrogen) atoms. The van der Waals surface area contributed by atoms with Crippen molar-refractivity contribution in [1.29, 1.82) is 0 Å². The summed E-state index contributed by atoms with van der Waals surface area (Å²) >= 11 is 3.06. The molecule has 0 aliphatic rings. The van der Waals surface area contributed by atoms with Crippen LogP contribution in [0, 0.1) is 0 Å². The summed E-state index contributed by atoms with van der Waals surface area (Å²) in [5.74, 6) is -0.732. The minimum Gasteiger partial charge on any atom is -0.481 e. The van der Waals surface area contributed by atoms with Gasteiger partial charge in [0, 0.05) is 17.1 Å². The van der Waals surface area contributed by atoms with Gasteiger partial charge in [-0.15, -0.1) is 23.5 Å². The van der Waals surface area contributed by atoms with Crippen LogP contribution in [-0.2, 0) is 9.59 Å². The van der Waals surface area contributed by atoms with E-state index in [1.807, 2.05) is 78.9 Å². The Kier molecular flexibility index (Phi) is 9.59. The van der Waals surface area contributed by atoms with E-state index < -0.39 is 11.9 Å². The van der Waals surface area contributed by atoms with Crippen LogP contribution in [0.3, 0.4) is 0 Å². The number of aliphatic carboxylic acids is 2. The maximum atomic E-state index is 10.9. The van der Waals surface area contributed by atoms with Crippen molar-refractivity contribution in [3.63, 3.8) is 0 Å². The van der Waals surface area contributed by atoms with Crippen molar-refractivity contribution >= 4 is 47.6 Å². The molecule has 0 spiro atoms. The number of rotatable bonds is 12. The summed E-state index contributed by atoms with van der Waals surface area (Å²) in [7, 11) is 0. The summed E-state index contributed by atoms with van der Waals surface area (Å²) in [5, 5.41) is 17.9. The van der Waals surface area contributed by atoms with Crippen LogP contribution in [-0.4, -0.2) is 38.6 Å². The summed E-state index contributed by atoms with van der Waals surface area (Å²) in [4.78, 5) is 26.5. The zero-order chi connectivity index (χ0) is 23.5. The van der Waals surface area contributed by atoms with Crippen LogP contribution in [0.1, 0.15) is 34.2 Å². The molecule has 0 fully saturated rings. The second-order valence-corrected chi connectivity index (χ2v) is 9.90. The van der Waals surface area contributed by atoms with E-state index in [1.54, 1.807) is 0 Å². The van der Waals surface area contributed by atoms with E-state index in [-0.39, 0.29) is 17.4 Å². The molecule has 1 heterocycles. The Morgan fingerprint density at radius 1 is 0.818 bits per heavy atom. The molecule has 1 aromatic heterocycles. The van der Waals surface area contributed by atoms with Crippen molar-refractivity contribution < 1.29 is 19.8 Å². The SMILES string of the molecule is O=C(O)CCSC(SCCC(=O)O)c1cccc(C=Cc2cccc(-c3ccccc3)n2)c1. The topological polar surface area (TPSA) is 87.5 Å². The van der Waals surface area contributed by atoms with Crippen molar-refractivity contribution in [3.05, 3.63) is 89.6 Å². The number of pyridine rings is 1. The number of aromatic nitrogens is 1. The fraction of sp³-hybridized carbons (Fsp3) is 0.192. The molecule has 0 saturated carbocycles. The molecular weight excluding hydrogens is 454 g/mol. The number of nitrogens with zero attached hydrogens (tertiary/aromatic N) is 1. The molecule has 0 aliphatic heterocycles. The van der Waals surface area contributed by atoms with Crippen LogP contribution in [0.15, 0.2) is 72.8 Å². The monoisotopic (exact) mass is 479 g/mol. The fourth-order valence-corrected chi connectivity index (χ4v) is 5.71. The second kappa shape index (κ2) is 12.9. The zero-order valence-electron chi connectivity index (χ0n) is 18.0. The van der Waals surface area contributed by atoms with Gasteiger partial charge in [0.15, 0.2) is 0 Å². The number of carboxylic acids is 2. The third-order valence-corrected chi connectivity index (χ3v) is 7.49. The summed E-state index contributed by atoms with van der Waals surface area (Å²) in [6.07, 6.45) is 4.12. The molecule has 7 heteroatoms. The highest BCUT2D eigenvalue weighted by molar-refractivity contribution is 8.16. The van der Waals surface area contributed by atoms with Crippen LogP contribution < -0.4 is 0 Å². The van der Waals surface area contributed by atoms with E-state index in [0.29, 0.717) is 11.5 Å². The number of benzene rings is 2. The van der Waals surface area contributed by atoms with Crippen molar-refractivity contribution in [2.45, 2.75) is 17.4 Å². The predicted molar refractivity (Wildman–Crippen MR) is 137 cm³/mol. The van der Waals surface area contributed by atoms with Gasteiger partial charge >= 0.3 is 11.9 Å². The first-order valence-electron chi connectivity index (χ1n) is 10.5. The Labute approximate surface area is 202 Å². The van der Waals surface area contributed by atoms with Gasteiger partial charge in [-0.25, -0.2) is 4.98 Å². The Morgan fingerprint density at radius 2 is 1.48 bits per heavy atom. The molecule has 0 aliphatic carbocycles. The number of hydrogen-bond donors (Lipinski definition) is 2. The van der Waals surface area contributed by atoms with Crippen LogP contribution in [0.4, 0.5) is 0 Å².